The number of hydrogen-bond donors (Lipinski definition) is 0. The van der Waals surface area contributed by atoms with E-state index in [1.165, 1.54) is 12.8 Å². The van der Waals surface area contributed by atoms with Crippen LogP contribution in [0.3, 0.4) is 0 Å². The number of nitrogens with zero attached hydrogens (tertiary/aromatic N) is 6. The molecule has 7 nitrogen and oxygen atoms in total. The zero-order chi connectivity index (χ0) is 18.6. The van der Waals surface area contributed by atoms with E-state index in [4.69, 9.17) is 0 Å². The van der Waals surface area contributed by atoms with Crippen molar-refractivity contribution in [2.75, 3.05) is 32.7 Å². The van der Waals surface area contributed by atoms with Crippen molar-refractivity contribution in [3.8, 4) is 0 Å². The Morgan fingerprint density at radius 1 is 0.963 bits per heavy atom. The van der Waals surface area contributed by atoms with Crippen LogP contribution in [0.15, 0.2) is 23.3 Å². The Morgan fingerprint density at radius 2 is 1.74 bits per heavy atom. The summed E-state index contributed by atoms with van der Waals surface area (Å²) in [5.74, 6) is 0. The van der Waals surface area contributed by atoms with E-state index < -0.39 is 0 Å². The lowest BCUT2D eigenvalue weighted by Crippen LogP contribution is -2.47. The number of piperazine rings is 1. The van der Waals surface area contributed by atoms with E-state index in [1.807, 2.05) is 25.4 Å². The first kappa shape index (κ1) is 18.3. The summed E-state index contributed by atoms with van der Waals surface area (Å²) in [6, 6.07) is 1.81. The van der Waals surface area contributed by atoms with Crippen LogP contribution in [0.25, 0.3) is 0 Å². The minimum atomic E-state index is 0.0484. The minimum Gasteiger partial charge on any atom is -0.299 e. The highest BCUT2D eigenvalue weighted by Gasteiger charge is 2.18. The molecular weight excluding hydrogens is 340 g/mol. The summed E-state index contributed by atoms with van der Waals surface area (Å²) in [6.07, 6.45) is 8.08. The summed E-state index contributed by atoms with van der Waals surface area (Å²) < 4.78 is 1.67. The number of fused-ring (bicyclic) bond motifs is 1. The van der Waals surface area contributed by atoms with Crippen molar-refractivity contribution in [1.29, 1.82) is 0 Å². The molecule has 7 heteroatoms. The van der Waals surface area contributed by atoms with Gasteiger partial charge in [-0.15, -0.1) is 0 Å². The molecule has 0 N–H and O–H groups in total. The third-order valence-electron chi connectivity index (χ3n) is 5.59. The summed E-state index contributed by atoms with van der Waals surface area (Å²) in [5, 5.41) is 4.63. The topological polar surface area (TPSA) is 67.2 Å². The molecule has 0 unspecified atom stereocenters. The summed E-state index contributed by atoms with van der Waals surface area (Å²) >= 11 is 0. The van der Waals surface area contributed by atoms with Crippen LogP contribution in [0, 0.1) is 6.92 Å². The van der Waals surface area contributed by atoms with Gasteiger partial charge >= 0.3 is 0 Å². The van der Waals surface area contributed by atoms with Gasteiger partial charge in [0.25, 0.3) is 5.56 Å². The van der Waals surface area contributed by atoms with Gasteiger partial charge in [0.05, 0.1) is 23.6 Å². The normalized spacial score (nSPS) is 18.4. The van der Waals surface area contributed by atoms with Crippen molar-refractivity contribution in [1.82, 2.24) is 29.5 Å². The first-order valence-electron chi connectivity index (χ1n) is 9.99. The molecule has 0 spiro atoms. The molecule has 1 saturated heterocycles. The Bertz CT molecular complexity index is 823. The van der Waals surface area contributed by atoms with Crippen molar-refractivity contribution in [2.45, 2.75) is 45.7 Å². The second-order valence-electron chi connectivity index (χ2n) is 7.65. The molecule has 3 heterocycles. The SMILES string of the molecule is Cc1cnc(CN2CCN(CCn3nc4c(cc3=O)CCCC4)CC2)cn1. The fourth-order valence-electron chi connectivity index (χ4n) is 3.90. The lowest BCUT2D eigenvalue weighted by Gasteiger charge is -2.34. The average Bonchev–Trinajstić information content (AvgIpc) is 2.69. The third kappa shape index (κ3) is 4.59. The summed E-state index contributed by atoms with van der Waals surface area (Å²) in [5.41, 5.74) is 4.32. The van der Waals surface area contributed by atoms with E-state index >= 15 is 0 Å². The predicted molar refractivity (Wildman–Crippen MR) is 104 cm³/mol. The maximum absolute atomic E-state index is 12.3. The van der Waals surface area contributed by atoms with Crippen LogP contribution in [0.4, 0.5) is 0 Å². The van der Waals surface area contributed by atoms with Gasteiger partial charge < -0.3 is 0 Å². The molecule has 0 radical (unpaired) electrons. The molecule has 1 aliphatic heterocycles. The number of aryl methyl sites for hydroxylation is 3. The Balaban J connectivity index is 1.27. The summed E-state index contributed by atoms with van der Waals surface area (Å²) in [7, 11) is 0. The van der Waals surface area contributed by atoms with E-state index in [1.54, 1.807) is 4.68 Å². The predicted octanol–water partition coefficient (Wildman–Crippen LogP) is 1.04. The standard InChI is InChI=1S/C20H28N6O/c1-16-13-22-18(14-21-16)15-25-8-6-24(7-9-25)10-11-26-20(27)12-17-4-2-3-5-19(17)23-26/h12-14H,2-11,15H2,1H3. The average molecular weight is 368 g/mol. The molecule has 0 atom stereocenters. The van der Waals surface area contributed by atoms with Gasteiger partial charge in [0.2, 0.25) is 0 Å². The van der Waals surface area contributed by atoms with Crippen LogP contribution < -0.4 is 5.56 Å². The van der Waals surface area contributed by atoms with Gasteiger partial charge in [-0.25, -0.2) is 4.68 Å². The largest absolute Gasteiger partial charge is 0.299 e. The number of aromatic nitrogens is 4. The van der Waals surface area contributed by atoms with Gasteiger partial charge in [0.15, 0.2) is 0 Å². The first-order chi connectivity index (χ1) is 13.2. The van der Waals surface area contributed by atoms with E-state index in [9.17, 15) is 4.79 Å². The number of hydrogen-bond acceptors (Lipinski definition) is 6. The number of rotatable bonds is 5. The molecule has 0 amide bonds. The zero-order valence-electron chi connectivity index (χ0n) is 16.1. The second-order valence-corrected chi connectivity index (χ2v) is 7.65. The monoisotopic (exact) mass is 368 g/mol. The molecule has 1 aliphatic carbocycles. The van der Waals surface area contributed by atoms with E-state index in [0.717, 1.165) is 74.8 Å². The second kappa shape index (κ2) is 8.27. The van der Waals surface area contributed by atoms with Gasteiger partial charge in [0, 0.05) is 57.7 Å². The van der Waals surface area contributed by atoms with Crippen molar-refractivity contribution >= 4 is 0 Å². The quantitative estimate of drug-likeness (QED) is 0.786. The van der Waals surface area contributed by atoms with Crippen molar-refractivity contribution in [2.24, 2.45) is 0 Å². The minimum absolute atomic E-state index is 0.0484. The Hall–Kier alpha value is -2.12. The summed E-state index contributed by atoms with van der Waals surface area (Å²) in [6.45, 7) is 8.42. The maximum Gasteiger partial charge on any atom is 0.267 e. The van der Waals surface area contributed by atoms with Crippen molar-refractivity contribution in [3.05, 3.63) is 51.5 Å². The van der Waals surface area contributed by atoms with Crippen LogP contribution >= 0.6 is 0 Å². The van der Waals surface area contributed by atoms with E-state index in [-0.39, 0.29) is 5.56 Å². The molecule has 27 heavy (non-hydrogen) atoms. The highest BCUT2D eigenvalue weighted by molar-refractivity contribution is 5.20. The van der Waals surface area contributed by atoms with Crippen LogP contribution in [-0.4, -0.2) is 62.3 Å². The molecule has 4 rings (SSSR count). The van der Waals surface area contributed by atoms with Gasteiger partial charge in [-0.05, 0) is 38.2 Å². The fourth-order valence-corrected chi connectivity index (χ4v) is 3.90. The van der Waals surface area contributed by atoms with E-state index in [0.29, 0.717) is 6.54 Å². The lowest BCUT2D eigenvalue weighted by atomic mass is 9.97. The van der Waals surface area contributed by atoms with Gasteiger partial charge in [-0.2, -0.15) is 5.10 Å². The molecule has 0 aromatic carbocycles. The molecule has 0 saturated carbocycles. The van der Waals surface area contributed by atoms with Crippen LogP contribution in [0.2, 0.25) is 0 Å². The van der Waals surface area contributed by atoms with Crippen molar-refractivity contribution < 1.29 is 0 Å². The maximum atomic E-state index is 12.3. The fraction of sp³-hybridized carbons (Fsp3) is 0.600. The van der Waals surface area contributed by atoms with Gasteiger partial charge in [0.1, 0.15) is 0 Å². The van der Waals surface area contributed by atoms with Crippen LogP contribution in [-0.2, 0) is 25.9 Å². The molecule has 0 bridgehead atoms. The lowest BCUT2D eigenvalue weighted by molar-refractivity contribution is 0.121. The zero-order valence-corrected chi connectivity index (χ0v) is 16.1. The van der Waals surface area contributed by atoms with Gasteiger partial charge in [-0.3, -0.25) is 24.6 Å². The van der Waals surface area contributed by atoms with Crippen molar-refractivity contribution in [3.63, 3.8) is 0 Å². The third-order valence-corrected chi connectivity index (χ3v) is 5.59. The highest BCUT2D eigenvalue weighted by atomic mass is 16.1. The molecule has 2 aromatic rings. The smallest absolute Gasteiger partial charge is 0.267 e. The Kier molecular flexibility index (Phi) is 5.59. The van der Waals surface area contributed by atoms with Crippen LogP contribution in [0.1, 0.15) is 35.5 Å². The Labute approximate surface area is 160 Å². The summed E-state index contributed by atoms with van der Waals surface area (Å²) in [4.78, 5) is 25.9. The van der Waals surface area contributed by atoms with Crippen LogP contribution in [0.5, 0.6) is 0 Å². The van der Waals surface area contributed by atoms with Gasteiger partial charge in [-0.1, -0.05) is 0 Å². The molecule has 1 fully saturated rings. The van der Waals surface area contributed by atoms with E-state index in [2.05, 4.69) is 24.9 Å². The molecule has 2 aromatic heterocycles. The molecule has 144 valence electrons. The molecular formula is C20H28N6O. The first-order valence-corrected chi connectivity index (χ1v) is 9.99. The molecule has 2 aliphatic rings. The Morgan fingerprint density at radius 3 is 2.52 bits per heavy atom. The highest BCUT2D eigenvalue weighted by Crippen LogP contribution is 2.16.